The number of allylic oxidation sites excluding steroid dienone is 1. The van der Waals surface area contributed by atoms with Gasteiger partial charge in [0.1, 0.15) is 17.2 Å². The van der Waals surface area contributed by atoms with Crippen LogP contribution in [0.2, 0.25) is 0 Å². The fraction of sp³-hybridized carbons (Fsp3) is 0.182. The summed E-state index contributed by atoms with van der Waals surface area (Å²) in [7, 11) is 1.62. The number of carbonyl (C=O) groups excluding carboxylic acids is 2. The highest BCUT2D eigenvalue weighted by Gasteiger charge is 2.28. The van der Waals surface area contributed by atoms with E-state index in [0.717, 1.165) is 28.8 Å². The van der Waals surface area contributed by atoms with Gasteiger partial charge in [0.25, 0.3) is 5.91 Å². The number of hydrogen-bond acceptors (Lipinski definition) is 5. The van der Waals surface area contributed by atoms with Gasteiger partial charge >= 0.3 is 0 Å². The Kier molecular flexibility index (Phi) is 4.72. The summed E-state index contributed by atoms with van der Waals surface area (Å²) in [6.07, 6.45) is 3.72. The third kappa shape index (κ3) is 3.42. The summed E-state index contributed by atoms with van der Waals surface area (Å²) in [5, 5.41) is 0.969. The number of amides is 1. The molecule has 0 saturated heterocycles. The molecule has 0 spiro atoms. The van der Waals surface area contributed by atoms with E-state index in [1.807, 2.05) is 24.4 Å². The van der Waals surface area contributed by atoms with Crippen LogP contribution in [0, 0.1) is 0 Å². The first-order chi connectivity index (χ1) is 14.0. The maximum absolute atomic E-state index is 12.8. The Morgan fingerprint density at radius 1 is 1.21 bits per heavy atom. The lowest BCUT2D eigenvalue weighted by Crippen LogP contribution is -2.19. The molecule has 1 aromatic heterocycles. The molecule has 0 aliphatic carbocycles. The van der Waals surface area contributed by atoms with Crippen LogP contribution in [0.5, 0.6) is 17.2 Å². The average molecular weight is 392 g/mol. The molecular weight excluding hydrogens is 372 g/mol. The van der Waals surface area contributed by atoms with Gasteiger partial charge in [0.2, 0.25) is 5.78 Å². The third-order valence-electron chi connectivity index (χ3n) is 4.77. The molecule has 7 heteroatoms. The number of fused-ring (bicyclic) bond motifs is 2. The molecule has 3 aromatic rings. The number of benzene rings is 2. The fourth-order valence-electron chi connectivity index (χ4n) is 3.36. The maximum Gasteiger partial charge on any atom is 0.255 e. The zero-order valence-corrected chi connectivity index (χ0v) is 16.1. The first kappa shape index (κ1) is 18.6. The summed E-state index contributed by atoms with van der Waals surface area (Å²) in [5.41, 5.74) is 7.45. The molecule has 0 unspecified atom stereocenters. The van der Waals surface area contributed by atoms with Crippen molar-refractivity contribution in [3.05, 3.63) is 59.5 Å². The number of hydrogen-bond donors (Lipinski definition) is 1. The van der Waals surface area contributed by atoms with Crippen molar-refractivity contribution in [3.8, 4) is 17.2 Å². The molecule has 4 rings (SSSR count). The highest BCUT2D eigenvalue weighted by atomic mass is 16.5. The highest BCUT2D eigenvalue weighted by Crippen LogP contribution is 2.36. The molecule has 2 aromatic carbocycles. The maximum atomic E-state index is 12.8. The molecule has 2 N–H and O–H groups in total. The topological polar surface area (TPSA) is 92.8 Å². The van der Waals surface area contributed by atoms with Crippen LogP contribution in [0.4, 0.5) is 0 Å². The number of aromatic nitrogens is 1. The quantitative estimate of drug-likeness (QED) is 0.651. The van der Waals surface area contributed by atoms with Gasteiger partial charge < -0.3 is 24.5 Å². The van der Waals surface area contributed by atoms with Crippen LogP contribution in [-0.2, 0) is 11.3 Å². The van der Waals surface area contributed by atoms with Crippen LogP contribution >= 0.6 is 0 Å². The predicted molar refractivity (Wildman–Crippen MR) is 108 cm³/mol. The lowest BCUT2D eigenvalue weighted by Gasteiger charge is -2.04. The molecule has 7 nitrogen and oxygen atoms in total. The lowest BCUT2D eigenvalue weighted by molar-refractivity contribution is -0.119. The van der Waals surface area contributed by atoms with Gasteiger partial charge in [-0.3, -0.25) is 9.59 Å². The molecule has 29 heavy (non-hydrogen) atoms. The minimum absolute atomic E-state index is 0.207. The minimum atomic E-state index is -0.578. The zero-order valence-electron chi connectivity index (χ0n) is 16.1. The van der Waals surface area contributed by atoms with Gasteiger partial charge in [-0.15, -0.1) is 0 Å². The molecule has 1 aliphatic rings. The van der Waals surface area contributed by atoms with Gasteiger partial charge in [-0.1, -0.05) is 0 Å². The number of carbonyl (C=O) groups is 2. The Morgan fingerprint density at radius 3 is 2.72 bits per heavy atom. The van der Waals surface area contributed by atoms with Crippen LogP contribution in [0.1, 0.15) is 22.8 Å². The molecule has 0 fully saturated rings. The number of nitrogens with zero attached hydrogens (tertiary/aromatic N) is 1. The number of primary amides is 1. The van der Waals surface area contributed by atoms with E-state index in [2.05, 4.69) is 11.5 Å². The van der Waals surface area contributed by atoms with E-state index >= 15 is 0 Å². The smallest absolute Gasteiger partial charge is 0.255 e. The van der Waals surface area contributed by atoms with Gasteiger partial charge in [-0.25, -0.2) is 0 Å². The number of ether oxygens (including phenoxy) is 3. The summed E-state index contributed by atoms with van der Waals surface area (Å²) in [6, 6.07) is 10.7. The van der Waals surface area contributed by atoms with Gasteiger partial charge in [-0.2, -0.15) is 0 Å². The molecular formula is C22H20N2O5. The standard InChI is InChI=1S/C22H20N2O5/c1-3-24-11-13(17-9-14(27-2)5-7-18(17)24)8-20-22(26)16-6-4-15(10-19(16)29-20)28-12-21(23)25/h4-11H,3,12H2,1-2H3,(H2,23,25). The van der Waals surface area contributed by atoms with Crippen molar-refractivity contribution in [1.29, 1.82) is 0 Å². The molecule has 0 bridgehead atoms. The van der Waals surface area contributed by atoms with Crippen LogP contribution in [0.25, 0.3) is 17.0 Å². The second-order valence-electron chi connectivity index (χ2n) is 6.61. The van der Waals surface area contributed by atoms with Crippen LogP contribution in [0.15, 0.2) is 48.4 Å². The molecule has 0 radical (unpaired) electrons. The van der Waals surface area contributed by atoms with Crippen molar-refractivity contribution in [2.24, 2.45) is 5.73 Å². The molecule has 1 amide bonds. The molecule has 0 saturated carbocycles. The molecule has 0 atom stereocenters. The Morgan fingerprint density at radius 2 is 2.00 bits per heavy atom. The summed E-state index contributed by atoms with van der Waals surface area (Å²) >= 11 is 0. The molecule has 2 heterocycles. The van der Waals surface area contributed by atoms with Crippen LogP contribution in [-0.4, -0.2) is 30.0 Å². The number of methoxy groups -OCH3 is 1. The number of ketones is 1. The van der Waals surface area contributed by atoms with Gasteiger partial charge in [0.15, 0.2) is 12.4 Å². The summed E-state index contributed by atoms with van der Waals surface area (Å²) in [6.45, 7) is 2.61. The summed E-state index contributed by atoms with van der Waals surface area (Å²) in [4.78, 5) is 23.7. The fourth-order valence-corrected chi connectivity index (χ4v) is 3.36. The van der Waals surface area contributed by atoms with E-state index in [1.165, 1.54) is 0 Å². The Labute approximate surface area is 167 Å². The van der Waals surface area contributed by atoms with Crippen molar-refractivity contribution >= 4 is 28.7 Å². The second kappa shape index (κ2) is 7.35. The lowest BCUT2D eigenvalue weighted by atomic mass is 10.1. The zero-order chi connectivity index (χ0) is 20.5. The van der Waals surface area contributed by atoms with E-state index < -0.39 is 5.91 Å². The van der Waals surface area contributed by atoms with Crippen molar-refractivity contribution in [2.45, 2.75) is 13.5 Å². The van der Waals surface area contributed by atoms with Gasteiger partial charge in [0, 0.05) is 35.3 Å². The van der Waals surface area contributed by atoms with Crippen LogP contribution in [0.3, 0.4) is 0 Å². The van der Waals surface area contributed by atoms with Crippen molar-refractivity contribution in [1.82, 2.24) is 4.57 Å². The first-order valence-corrected chi connectivity index (χ1v) is 9.16. The number of nitrogens with two attached hydrogens (primary N) is 1. The number of Topliss-reactive ketones (excluding diaryl/α,β-unsaturated/α-hetero) is 1. The van der Waals surface area contributed by atoms with Crippen molar-refractivity contribution < 1.29 is 23.8 Å². The molecule has 1 aliphatic heterocycles. The van der Waals surface area contributed by atoms with E-state index in [-0.39, 0.29) is 18.1 Å². The van der Waals surface area contributed by atoms with Gasteiger partial charge in [0.05, 0.1) is 12.7 Å². The van der Waals surface area contributed by atoms with E-state index in [4.69, 9.17) is 19.9 Å². The van der Waals surface area contributed by atoms with Crippen molar-refractivity contribution in [2.75, 3.05) is 13.7 Å². The second-order valence-corrected chi connectivity index (χ2v) is 6.61. The largest absolute Gasteiger partial charge is 0.497 e. The Bertz CT molecular complexity index is 1160. The Hall–Kier alpha value is -3.74. The summed E-state index contributed by atoms with van der Waals surface area (Å²) < 4.78 is 18.5. The minimum Gasteiger partial charge on any atom is -0.497 e. The normalized spacial score (nSPS) is 14.1. The highest BCUT2D eigenvalue weighted by molar-refractivity contribution is 6.15. The number of rotatable bonds is 6. The average Bonchev–Trinajstić information content (AvgIpc) is 3.23. The number of aryl methyl sites for hydroxylation is 1. The van der Waals surface area contributed by atoms with E-state index in [1.54, 1.807) is 31.4 Å². The third-order valence-corrected chi connectivity index (χ3v) is 4.77. The Balaban J connectivity index is 1.70. The SMILES string of the molecule is CCn1cc(C=C2Oc3cc(OCC(N)=O)ccc3C2=O)c2cc(OC)ccc21. The monoisotopic (exact) mass is 392 g/mol. The summed E-state index contributed by atoms with van der Waals surface area (Å²) in [5.74, 6) is 0.978. The van der Waals surface area contributed by atoms with E-state index in [9.17, 15) is 9.59 Å². The van der Waals surface area contributed by atoms with Gasteiger partial charge in [-0.05, 0) is 43.3 Å². The molecule has 148 valence electrons. The van der Waals surface area contributed by atoms with Crippen molar-refractivity contribution in [3.63, 3.8) is 0 Å². The first-order valence-electron chi connectivity index (χ1n) is 9.16. The van der Waals surface area contributed by atoms with E-state index in [0.29, 0.717) is 17.1 Å². The predicted octanol–water partition coefficient (Wildman–Crippen LogP) is 3.15. The van der Waals surface area contributed by atoms with Crippen LogP contribution < -0.4 is 19.9 Å².